The molecule has 1 N–H and O–H groups in total. The zero-order valence-electron chi connectivity index (χ0n) is 4.91. The Bertz CT molecular complexity index is 239. The first-order chi connectivity index (χ1) is 4.74. The summed E-state index contributed by atoms with van der Waals surface area (Å²) in [5, 5.41) is 9.33. The van der Waals surface area contributed by atoms with Gasteiger partial charge in [0.1, 0.15) is 5.75 Å². The summed E-state index contributed by atoms with van der Waals surface area (Å²) in [6.45, 7) is 0. The van der Waals surface area contributed by atoms with E-state index in [0.29, 0.717) is 5.02 Å². The minimum absolute atomic E-state index is 0.104. The summed E-state index contributed by atoms with van der Waals surface area (Å²) >= 11 is 9.56. The fourth-order valence-corrected chi connectivity index (χ4v) is 1.43. The van der Waals surface area contributed by atoms with Crippen molar-refractivity contribution < 1.29 is 5.11 Å². The molecule has 10 heavy (non-hydrogen) atoms. The van der Waals surface area contributed by atoms with Gasteiger partial charge in [0, 0.05) is 4.90 Å². The molecule has 0 heterocycles. The van der Waals surface area contributed by atoms with Gasteiger partial charge < -0.3 is 5.11 Å². The molecule has 0 bridgehead atoms. The summed E-state index contributed by atoms with van der Waals surface area (Å²) in [5.74, 6) is 0.104. The number of hydrogen-bond acceptors (Lipinski definition) is 3. The van der Waals surface area contributed by atoms with E-state index in [0.717, 1.165) is 4.90 Å². The molecule has 0 aliphatic carbocycles. The predicted molar refractivity (Wildman–Crippen MR) is 48.0 cm³/mol. The quantitative estimate of drug-likeness (QED) is 0.527. The number of benzene rings is 1. The molecule has 0 spiro atoms. The lowest BCUT2D eigenvalue weighted by Crippen LogP contribution is -1.69. The van der Waals surface area contributed by atoms with E-state index in [1.807, 2.05) is 0 Å². The lowest BCUT2D eigenvalue weighted by atomic mass is 10.3. The van der Waals surface area contributed by atoms with Crippen LogP contribution in [0.25, 0.3) is 0 Å². The predicted octanol–water partition coefficient (Wildman–Crippen LogP) is 2.98. The van der Waals surface area contributed by atoms with Crippen molar-refractivity contribution >= 4 is 34.1 Å². The van der Waals surface area contributed by atoms with Crippen molar-refractivity contribution in [1.29, 1.82) is 0 Å². The van der Waals surface area contributed by atoms with Crippen molar-refractivity contribution in [3.63, 3.8) is 0 Å². The van der Waals surface area contributed by atoms with Gasteiger partial charge in [-0.05, 0) is 18.2 Å². The van der Waals surface area contributed by atoms with Gasteiger partial charge in [-0.25, -0.2) is 0 Å². The average molecular weight is 193 g/mol. The van der Waals surface area contributed by atoms with Crippen LogP contribution in [-0.4, -0.2) is 5.11 Å². The Morgan fingerprint density at radius 2 is 2.20 bits per heavy atom. The molecule has 1 aromatic rings. The van der Waals surface area contributed by atoms with Gasteiger partial charge in [-0.2, -0.15) is 0 Å². The zero-order valence-corrected chi connectivity index (χ0v) is 7.38. The third kappa shape index (κ3) is 1.75. The third-order valence-corrected chi connectivity index (χ3v) is 2.42. The lowest BCUT2D eigenvalue weighted by Gasteiger charge is -1.97. The Balaban J connectivity index is 3.04. The minimum Gasteiger partial charge on any atom is -0.506 e. The van der Waals surface area contributed by atoms with E-state index in [4.69, 9.17) is 16.7 Å². The van der Waals surface area contributed by atoms with Crippen molar-refractivity contribution in [2.45, 2.75) is 4.90 Å². The number of phenols is 1. The van der Waals surface area contributed by atoms with Crippen LogP contribution in [0.2, 0.25) is 5.02 Å². The number of halogens is 1. The van der Waals surface area contributed by atoms with Crippen LogP contribution in [0.15, 0.2) is 23.1 Å². The molecule has 0 saturated carbocycles. The van der Waals surface area contributed by atoms with Gasteiger partial charge in [-0.3, -0.25) is 0 Å². The van der Waals surface area contributed by atoms with E-state index in [-0.39, 0.29) is 5.75 Å². The Hall–Kier alpha value is 0.01000. The molecule has 1 rings (SSSR count). The van der Waals surface area contributed by atoms with E-state index in [1.165, 1.54) is 10.8 Å². The number of aromatic hydroxyl groups is 1. The van der Waals surface area contributed by atoms with Crippen LogP contribution in [0.5, 0.6) is 5.75 Å². The second kappa shape index (κ2) is 3.42. The number of hydrogen-bond donors (Lipinski definition) is 2. The Morgan fingerprint density at radius 1 is 1.50 bits per heavy atom. The van der Waals surface area contributed by atoms with Gasteiger partial charge in [0.05, 0.1) is 5.02 Å². The summed E-state index contributed by atoms with van der Waals surface area (Å²) in [4.78, 5) is 0.922. The van der Waals surface area contributed by atoms with Crippen molar-refractivity contribution in [3.8, 4) is 5.75 Å². The molecule has 0 fully saturated rings. The molecule has 1 nitrogen and oxygen atoms in total. The van der Waals surface area contributed by atoms with Crippen LogP contribution >= 0.6 is 34.1 Å². The van der Waals surface area contributed by atoms with Crippen LogP contribution < -0.4 is 0 Å². The standard InChI is InChI=1S/C6H5ClOS2/c7-5-3-4(10-9)1-2-6(5)8/h1-3,8-9H. The molecule has 0 aliphatic heterocycles. The van der Waals surface area contributed by atoms with E-state index >= 15 is 0 Å². The normalized spacial score (nSPS) is 9.80. The number of thiol groups is 1. The average Bonchev–Trinajstić information content (AvgIpc) is 1.95. The SMILES string of the molecule is Oc1ccc(SS)cc1Cl. The molecule has 0 aliphatic rings. The smallest absolute Gasteiger partial charge is 0.134 e. The first-order valence-electron chi connectivity index (χ1n) is 2.54. The second-order valence-corrected chi connectivity index (χ2v) is 3.31. The zero-order chi connectivity index (χ0) is 7.56. The fraction of sp³-hybridized carbons (Fsp3) is 0. The van der Waals surface area contributed by atoms with Gasteiger partial charge in [-0.1, -0.05) is 22.4 Å². The number of rotatable bonds is 1. The molecule has 54 valence electrons. The molecular formula is C6H5ClOS2. The fourth-order valence-electron chi connectivity index (χ4n) is 0.544. The molecule has 0 aromatic heterocycles. The van der Waals surface area contributed by atoms with Crippen LogP contribution in [0.3, 0.4) is 0 Å². The van der Waals surface area contributed by atoms with E-state index in [2.05, 4.69) is 11.7 Å². The van der Waals surface area contributed by atoms with Gasteiger partial charge in [0.25, 0.3) is 0 Å². The number of phenolic OH excluding ortho intramolecular Hbond substituents is 1. The second-order valence-electron chi connectivity index (χ2n) is 1.70. The van der Waals surface area contributed by atoms with Gasteiger partial charge in [0.15, 0.2) is 0 Å². The van der Waals surface area contributed by atoms with Crippen LogP contribution in [0, 0.1) is 0 Å². The van der Waals surface area contributed by atoms with Gasteiger partial charge >= 0.3 is 0 Å². The summed E-state index contributed by atoms with van der Waals surface area (Å²) in [6, 6.07) is 4.95. The molecule has 1 aromatic carbocycles. The van der Waals surface area contributed by atoms with Crippen LogP contribution in [0.1, 0.15) is 0 Å². The summed E-state index contributed by atoms with van der Waals surface area (Å²) in [5.41, 5.74) is 0. The topological polar surface area (TPSA) is 20.2 Å². The Labute approximate surface area is 73.2 Å². The molecule has 4 heteroatoms. The van der Waals surface area contributed by atoms with E-state index in [1.54, 1.807) is 18.2 Å². The Kier molecular flexibility index (Phi) is 2.77. The van der Waals surface area contributed by atoms with Crippen molar-refractivity contribution in [1.82, 2.24) is 0 Å². The molecule has 0 radical (unpaired) electrons. The molecule has 0 atom stereocenters. The maximum atomic E-state index is 8.97. The van der Waals surface area contributed by atoms with Crippen LogP contribution in [0.4, 0.5) is 0 Å². The van der Waals surface area contributed by atoms with Crippen molar-refractivity contribution in [2.24, 2.45) is 0 Å². The van der Waals surface area contributed by atoms with Crippen molar-refractivity contribution in [2.75, 3.05) is 0 Å². The highest BCUT2D eigenvalue weighted by Crippen LogP contribution is 2.29. The first kappa shape index (κ1) is 8.11. The first-order valence-corrected chi connectivity index (χ1v) is 4.78. The van der Waals surface area contributed by atoms with E-state index < -0.39 is 0 Å². The maximum Gasteiger partial charge on any atom is 0.134 e. The molecule has 0 amide bonds. The van der Waals surface area contributed by atoms with Gasteiger partial charge in [-0.15, -0.1) is 11.7 Å². The lowest BCUT2D eigenvalue weighted by molar-refractivity contribution is 0.475. The largest absolute Gasteiger partial charge is 0.506 e. The maximum absolute atomic E-state index is 8.97. The summed E-state index contributed by atoms with van der Waals surface area (Å²) in [7, 11) is 1.29. The highest BCUT2D eigenvalue weighted by atomic mass is 35.5. The summed E-state index contributed by atoms with van der Waals surface area (Å²) < 4.78 is 0. The minimum atomic E-state index is 0.104. The molecule has 0 unspecified atom stereocenters. The molecular weight excluding hydrogens is 188 g/mol. The Morgan fingerprint density at radius 3 is 2.70 bits per heavy atom. The van der Waals surface area contributed by atoms with Gasteiger partial charge in [0.2, 0.25) is 0 Å². The third-order valence-electron chi connectivity index (χ3n) is 1.02. The highest BCUT2D eigenvalue weighted by Gasteiger charge is 1.97. The highest BCUT2D eigenvalue weighted by molar-refractivity contribution is 8.68. The summed E-state index contributed by atoms with van der Waals surface area (Å²) in [6.07, 6.45) is 0. The monoisotopic (exact) mass is 192 g/mol. The van der Waals surface area contributed by atoms with E-state index in [9.17, 15) is 0 Å². The molecule has 0 saturated heterocycles. The van der Waals surface area contributed by atoms with Crippen LogP contribution in [-0.2, 0) is 0 Å². The van der Waals surface area contributed by atoms with Crippen molar-refractivity contribution in [3.05, 3.63) is 23.2 Å².